The van der Waals surface area contributed by atoms with E-state index in [2.05, 4.69) is 28.5 Å². The van der Waals surface area contributed by atoms with Gasteiger partial charge in [0.05, 0.1) is 15.7 Å². The van der Waals surface area contributed by atoms with E-state index in [1.165, 1.54) is 6.08 Å². The third-order valence-corrected chi connectivity index (χ3v) is 4.65. The summed E-state index contributed by atoms with van der Waals surface area (Å²) in [6.45, 7) is 4.98. The number of halogens is 2. The molecule has 10 heteroatoms. The van der Waals surface area contributed by atoms with E-state index in [-0.39, 0.29) is 29.4 Å². The number of carbonyl (C=O) groups excluding carboxylic acids is 1. The van der Waals surface area contributed by atoms with E-state index in [1.807, 2.05) is 5.16 Å². The van der Waals surface area contributed by atoms with Crippen molar-refractivity contribution in [2.24, 2.45) is 4.99 Å². The lowest BCUT2D eigenvalue weighted by Gasteiger charge is -2.22. The van der Waals surface area contributed by atoms with Gasteiger partial charge in [-0.3, -0.25) is 4.79 Å². The maximum Gasteiger partial charge on any atom is 0.304 e. The highest BCUT2D eigenvalue weighted by atomic mass is 35.5. The molecule has 0 heterocycles. The second-order valence-corrected chi connectivity index (χ2v) is 6.78. The average molecular weight is 392 g/mol. The van der Waals surface area contributed by atoms with Crippen LogP contribution in [0.3, 0.4) is 0 Å². The Morgan fingerprint density at radius 1 is 1.58 bits per heavy atom. The van der Waals surface area contributed by atoms with Crippen LogP contribution in [0.4, 0.5) is 10.1 Å². The fourth-order valence-corrected chi connectivity index (χ4v) is 3.30. The molecule has 0 aliphatic rings. The SMILES string of the molecule is C=CCNS(=O)(=O)N(CCC)C(=O)c1cc(N=C=S)c(F)cc1Cl. The molecule has 1 rings (SSSR count). The predicted molar refractivity (Wildman–Crippen MR) is 94.5 cm³/mol. The van der Waals surface area contributed by atoms with E-state index in [0.717, 1.165) is 12.1 Å². The van der Waals surface area contributed by atoms with E-state index in [1.54, 1.807) is 6.92 Å². The predicted octanol–water partition coefficient (Wildman–Crippen LogP) is 3.09. The molecule has 1 N–H and O–H groups in total. The zero-order valence-electron chi connectivity index (χ0n) is 12.8. The van der Waals surface area contributed by atoms with Gasteiger partial charge >= 0.3 is 10.2 Å². The molecule has 0 bridgehead atoms. The molecule has 6 nitrogen and oxygen atoms in total. The molecule has 0 radical (unpaired) electrons. The van der Waals surface area contributed by atoms with Gasteiger partial charge in [-0.05, 0) is 30.8 Å². The topological polar surface area (TPSA) is 78.8 Å². The van der Waals surface area contributed by atoms with Crippen LogP contribution in [-0.2, 0) is 10.2 Å². The van der Waals surface area contributed by atoms with E-state index in [0.29, 0.717) is 10.7 Å². The highest BCUT2D eigenvalue weighted by Gasteiger charge is 2.29. The molecule has 1 amide bonds. The number of carbonyl (C=O) groups is 1. The Kier molecular flexibility index (Phi) is 7.65. The minimum absolute atomic E-state index is 0.0482. The molecule has 130 valence electrons. The van der Waals surface area contributed by atoms with Gasteiger partial charge < -0.3 is 0 Å². The third-order valence-electron chi connectivity index (χ3n) is 2.79. The van der Waals surface area contributed by atoms with Gasteiger partial charge in [-0.2, -0.15) is 18.1 Å². The Morgan fingerprint density at radius 2 is 2.25 bits per heavy atom. The summed E-state index contributed by atoms with van der Waals surface area (Å²) in [5.74, 6) is -1.71. The summed E-state index contributed by atoms with van der Waals surface area (Å²) in [4.78, 5) is 16.1. The summed E-state index contributed by atoms with van der Waals surface area (Å²) in [6, 6.07) is 1.90. The summed E-state index contributed by atoms with van der Waals surface area (Å²) < 4.78 is 41.0. The Balaban J connectivity index is 3.36. The molecule has 1 aromatic rings. The summed E-state index contributed by atoms with van der Waals surface area (Å²) >= 11 is 10.3. The number of thiocarbonyl (C=S) groups is 1. The monoisotopic (exact) mass is 391 g/mol. The first-order valence-corrected chi connectivity index (χ1v) is 9.00. The van der Waals surface area contributed by atoms with Gasteiger partial charge in [0.15, 0.2) is 5.82 Å². The van der Waals surface area contributed by atoms with Crippen molar-refractivity contribution in [2.45, 2.75) is 13.3 Å². The number of rotatable bonds is 8. The molecule has 0 aliphatic carbocycles. The van der Waals surface area contributed by atoms with Crippen molar-refractivity contribution >= 4 is 50.8 Å². The lowest BCUT2D eigenvalue weighted by Crippen LogP contribution is -2.45. The van der Waals surface area contributed by atoms with Gasteiger partial charge in [-0.15, -0.1) is 6.58 Å². The van der Waals surface area contributed by atoms with Gasteiger partial charge in [0.25, 0.3) is 5.91 Å². The zero-order valence-corrected chi connectivity index (χ0v) is 15.1. The zero-order chi connectivity index (χ0) is 18.3. The maximum atomic E-state index is 13.7. The van der Waals surface area contributed by atoms with E-state index in [9.17, 15) is 17.6 Å². The Hall–Kier alpha value is -1.64. The first-order valence-electron chi connectivity index (χ1n) is 6.78. The molecule has 0 spiro atoms. The van der Waals surface area contributed by atoms with Crippen molar-refractivity contribution in [1.29, 1.82) is 0 Å². The first kappa shape index (κ1) is 20.4. The Bertz CT molecular complexity index is 793. The van der Waals surface area contributed by atoms with Crippen molar-refractivity contribution in [2.75, 3.05) is 13.1 Å². The number of hydrogen-bond acceptors (Lipinski definition) is 5. The number of nitrogens with one attached hydrogen (secondary N) is 1. The van der Waals surface area contributed by atoms with Crippen LogP contribution in [0.2, 0.25) is 5.02 Å². The summed E-state index contributed by atoms with van der Waals surface area (Å²) in [6.07, 6.45) is 1.72. The highest BCUT2D eigenvalue weighted by Crippen LogP contribution is 2.27. The molecule has 0 aliphatic heterocycles. The Labute approximate surface area is 150 Å². The van der Waals surface area contributed by atoms with Crippen molar-refractivity contribution < 1.29 is 17.6 Å². The number of aliphatic imine (C=N–C) groups is 1. The fourth-order valence-electron chi connectivity index (χ4n) is 1.75. The molecule has 0 saturated carbocycles. The van der Waals surface area contributed by atoms with Gasteiger partial charge in [0.1, 0.15) is 5.69 Å². The standard InChI is InChI=1S/C14H15ClFN3O3S2/c1-3-5-18-24(21,22)19(6-4-2)14(20)10-7-13(17-9-23)12(16)8-11(10)15/h3,7-8,18H,1,4-6H2,2H3. The summed E-state index contributed by atoms with van der Waals surface area (Å²) in [5, 5.41) is 1.75. The number of nitrogens with zero attached hydrogens (tertiary/aromatic N) is 2. The minimum atomic E-state index is -4.10. The largest absolute Gasteiger partial charge is 0.304 e. The molecule has 0 atom stereocenters. The maximum absolute atomic E-state index is 13.7. The van der Waals surface area contributed by atoms with Gasteiger partial charge in [0.2, 0.25) is 0 Å². The smallest absolute Gasteiger partial charge is 0.268 e. The lowest BCUT2D eigenvalue weighted by molar-refractivity contribution is 0.0860. The molecular formula is C14H15ClFN3O3S2. The van der Waals surface area contributed by atoms with Crippen LogP contribution >= 0.6 is 23.8 Å². The normalized spacial score (nSPS) is 10.8. The second kappa shape index (κ2) is 9.00. The van der Waals surface area contributed by atoms with Crippen molar-refractivity contribution in [3.05, 3.63) is 41.2 Å². The molecule has 0 saturated heterocycles. The van der Waals surface area contributed by atoms with E-state index in [4.69, 9.17) is 11.6 Å². The van der Waals surface area contributed by atoms with Gasteiger partial charge in [0, 0.05) is 13.1 Å². The quantitative estimate of drug-likeness (QED) is 0.419. The fraction of sp³-hybridized carbons (Fsp3) is 0.286. The lowest BCUT2D eigenvalue weighted by atomic mass is 10.1. The summed E-state index contributed by atoms with van der Waals surface area (Å²) in [5.41, 5.74) is -0.467. The van der Waals surface area contributed by atoms with Crippen LogP contribution in [0.25, 0.3) is 0 Å². The van der Waals surface area contributed by atoms with Crippen LogP contribution in [0.1, 0.15) is 23.7 Å². The number of amides is 1. The minimum Gasteiger partial charge on any atom is -0.268 e. The number of benzene rings is 1. The van der Waals surface area contributed by atoms with E-state index < -0.39 is 21.9 Å². The highest BCUT2D eigenvalue weighted by molar-refractivity contribution is 7.87. The second-order valence-electron chi connectivity index (χ2n) is 4.51. The van der Waals surface area contributed by atoms with Crippen molar-refractivity contribution in [1.82, 2.24) is 9.03 Å². The van der Waals surface area contributed by atoms with Gasteiger partial charge in [-0.25, -0.2) is 8.70 Å². The van der Waals surface area contributed by atoms with Crippen molar-refractivity contribution in [3.8, 4) is 0 Å². The third kappa shape index (κ3) is 4.93. The van der Waals surface area contributed by atoms with Crippen LogP contribution < -0.4 is 4.72 Å². The van der Waals surface area contributed by atoms with E-state index >= 15 is 0 Å². The Morgan fingerprint density at radius 3 is 2.79 bits per heavy atom. The molecule has 1 aromatic carbocycles. The molecule has 0 unspecified atom stereocenters. The summed E-state index contributed by atoms with van der Waals surface area (Å²) in [7, 11) is -4.10. The molecular weight excluding hydrogens is 377 g/mol. The molecule has 0 aromatic heterocycles. The van der Waals surface area contributed by atoms with Crippen LogP contribution in [0.15, 0.2) is 29.8 Å². The van der Waals surface area contributed by atoms with Crippen LogP contribution in [-0.4, -0.2) is 36.9 Å². The van der Waals surface area contributed by atoms with Crippen LogP contribution in [0.5, 0.6) is 0 Å². The first-order chi connectivity index (χ1) is 11.3. The molecule has 24 heavy (non-hydrogen) atoms. The average Bonchev–Trinajstić information content (AvgIpc) is 2.52. The number of isothiocyanates is 1. The molecule has 0 fully saturated rings. The number of hydrogen-bond donors (Lipinski definition) is 1. The van der Waals surface area contributed by atoms with Gasteiger partial charge in [-0.1, -0.05) is 24.6 Å². The van der Waals surface area contributed by atoms with Crippen molar-refractivity contribution in [3.63, 3.8) is 0 Å². The van der Waals surface area contributed by atoms with Crippen LogP contribution in [0, 0.1) is 5.82 Å².